The first-order valence-electron chi connectivity index (χ1n) is 5.05. The minimum atomic E-state index is 0.643. The van der Waals surface area contributed by atoms with Gasteiger partial charge in [-0.2, -0.15) is 0 Å². The first kappa shape index (κ1) is 11.4. The maximum Gasteiger partial charge on any atom is 0.147 e. The zero-order valence-electron chi connectivity index (χ0n) is 8.30. The van der Waals surface area contributed by atoms with Gasteiger partial charge in [-0.1, -0.05) is 6.07 Å². The van der Waals surface area contributed by atoms with Gasteiger partial charge < -0.3 is 10.1 Å². The first-order valence-corrected chi connectivity index (χ1v) is 6.63. The minimum Gasteiger partial charge on any atom is -0.491 e. The van der Waals surface area contributed by atoms with Crippen LogP contribution < -0.4 is 10.1 Å². The van der Waals surface area contributed by atoms with Gasteiger partial charge in [0.2, 0.25) is 0 Å². The van der Waals surface area contributed by atoms with E-state index in [-0.39, 0.29) is 0 Å². The second-order valence-corrected chi connectivity index (χ2v) is 5.43. The molecule has 82 valence electrons. The molecule has 1 atom stereocenters. The van der Waals surface area contributed by atoms with E-state index in [0.29, 0.717) is 5.92 Å². The maximum atomic E-state index is 5.82. The van der Waals surface area contributed by atoms with Gasteiger partial charge in [-0.25, -0.2) is 0 Å². The lowest BCUT2D eigenvalue weighted by Gasteiger charge is -2.13. The Bertz CT molecular complexity index is 317. The van der Waals surface area contributed by atoms with E-state index in [9.17, 15) is 0 Å². The van der Waals surface area contributed by atoms with E-state index < -0.39 is 0 Å². The summed E-state index contributed by atoms with van der Waals surface area (Å²) < 4.78 is 7.82. The van der Waals surface area contributed by atoms with Crippen LogP contribution in [0.5, 0.6) is 5.75 Å². The molecule has 1 unspecified atom stereocenters. The minimum absolute atomic E-state index is 0.643. The summed E-state index contributed by atoms with van der Waals surface area (Å²) >= 11 is 6.97. The van der Waals surface area contributed by atoms with Crippen molar-refractivity contribution in [3.8, 4) is 5.75 Å². The SMILES string of the molecule is Brc1cccc(Br)c1OCC1CCNC1. The van der Waals surface area contributed by atoms with Gasteiger partial charge >= 0.3 is 0 Å². The normalized spacial score (nSPS) is 20.5. The van der Waals surface area contributed by atoms with Crippen molar-refractivity contribution in [3.05, 3.63) is 27.1 Å². The van der Waals surface area contributed by atoms with Crippen molar-refractivity contribution in [2.24, 2.45) is 5.92 Å². The smallest absolute Gasteiger partial charge is 0.147 e. The Kier molecular flexibility index (Phi) is 4.05. The average molecular weight is 335 g/mol. The molecule has 0 amide bonds. The monoisotopic (exact) mass is 333 g/mol. The fourth-order valence-corrected chi connectivity index (χ4v) is 2.91. The first-order chi connectivity index (χ1) is 7.27. The fraction of sp³-hybridized carbons (Fsp3) is 0.455. The van der Waals surface area contributed by atoms with E-state index in [1.54, 1.807) is 0 Å². The Morgan fingerprint density at radius 1 is 1.33 bits per heavy atom. The lowest BCUT2D eigenvalue weighted by molar-refractivity contribution is 0.257. The molecule has 2 rings (SSSR count). The Morgan fingerprint density at radius 3 is 2.67 bits per heavy atom. The van der Waals surface area contributed by atoms with Crippen molar-refractivity contribution in [1.29, 1.82) is 0 Å². The van der Waals surface area contributed by atoms with Gasteiger partial charge in [-0.3, -0.25) is 0 Å². The third kappa shape index (κ3) is 2.95. The molecule has 1 aromatic carbocycles. The van der Waals surface area contributed by atoms with Crippen LogP contribution in [0.3, 0.4) is 0 Å². The molecule has 0 aliphatic carbocycles. The van der Waals surface area contributed by atoms with Gasteiger partial charge in [0, 0.05) is 12.5 Å². The molecule has 1 aromatic rings. The van der Waals surface area contributed by atoms with Gasteiger partial charge in [0.05, 0.1) is 15.6 Å². The number of halogens is 2. The van der Waals surface area contributed by atoms with Gasteiger partial charge in [-0.15, -0.1) is 0 Å². The lowest BCUT2D eigenvalue weighted by Crippen LogP contribution is -2.15. The molecule has 0 spiro atoms. The summed E-state index contributed by atoms with van der Waals surface area (Å²) in [5.41, 5.74) is 0. The molecule has 4 heteroatoms. The van der Waals surface area contributed by atoms with Gasteiger partial charge in [0.15, 0.2) is 0 Å². The average Bonchev–Trinajstić information content (AvgIpc) is 2.70. The second kappa shape index (κ2) is 5.32. The number of benzene rings is 1. The molecule has 0 saturated carbocycles. The second-order valence-electron chi connectivity index (χ2n) is 3.72. The zero-order chi connectivity index (χ0) is 10.7. The Hall–Kier alpha value is -0.0600. The molecule has 0 bridgehead atoms. The van der Waals surface area contributed by atoms with Crippen LogP contribution in [0.2, 0.25) is 0 Å². The lowest BCUT2D eigenvalue weighted by atomic mass is 10.1. The molecule has 0 radical (unpaired) electrons. The van der Waals surface area contributed by atoms with Crippen molar-refractivity contribution in [2.75, 3.05) is 19.7 Å². The van der Waals surface area contributed by atoms with Crippen LogP contribution in [0.1, 0.15) is 6.42 Å². The van der Waals surface area contributed by atoms with Crippen molar-refractivity contribution < 1.29 is 4.74 Å². The molecule has 1 saturated heterocycles. The molecule has 1 fully saturated rings. The van der Waals surface area contributed by atoms with E-state index in [4.69, 9.17) is 4.74 Å². The van der Waals surface area contributed by atoms with Gasteiger partial charge in [0.1, 0.15) is 5.75 Å². The summed E-state index contributed by atoms with van der Waals surface area (Å²) in [6, 6.07) is 5.97. The standard InChI is InChI=1S/C11H13Br2NO/c12-9-2-1-3-10(13)11(9)15-7-8-4-5-14-6-8/h1-3,8,14H,4-7H2. The van der Waals surface area contributed by atoms with Crippen LogP contribution in [0.4, 0.5) is 0 Å². The predicted octanol–water partition coefficient (Wildman–Crippen LogP) is 3.20. The number of ether oxygens (including phenoxy) is 1. The van der Waals surface area contributed by atoms with E-state index >= 15 is 0 Å². The van der Waals surface area contributed by atoms with Crippen LogP contribution >= 0.6 is 31.9 Å². The van der Waals surface area contributed by atoms with Crippen molar-refractivity contribution in [3.63, 3.8) is 0 Å². The number of rotatable bonds is 3. The number of hydrogen-bond acceptors (Lipinski definition) is 2. The molecular weight excluding hydrogens is 322 g/mol. The predicted molar refractivity (Wildman–Crippen MR) is 68.3 cm³/mol. The molecular formula is C11H13Br2NO. The highest BCUT2D eigenvalue weighted by atomic mass is 79.9. The summed E-state index contributed by atoms with van der Waals surface area (Å²) in [4.78, 5) is 0. The molecule has 1 heterocycles. The van der Waals surface area contributed by atoms with Crippen LogP contribution in [-0.4, -0.2) is 19.7 Å². The number of nitrogens with one attached hydrogen (secondary N) is 1. The molecule has 1 N–H and O–H groups in total. The zero-order valence-corrected chi connectivity index (χ0v) is 11.5. The van der Waals surface area contributed by atoms with Crippen LogP contribution in [-0.2, 0) is 0 Å². The number of hydrogen-bond donors (Lipinski definition) is 1. The highest BCUT2D eigenvalue weighted by molar-refractivity contribution is 9.11. The molecule has 2 nitrogen and oxygen atoms in total. The topological polar surface area (TPSA) is 21.3 Å². The molecule has 0 aromatic heterocycles. The Labute approximate surface area is 107 Å². The highest BCUT2D eigenvalue weighted by Crippen LogP contribution is 2.33. The number of para-hydroxylation sites is 1. The summed E-state index contributed by atoms with van der Waals surface area (Å²) in [6.07, 6.45) is 1.21. The van der Waals surface area contributed by atoms with Gasteiger partial charge in [-0.05, 0) is 57.0 Å². The molecule has 1 aliphatic rings. The summed E-state index contributed by atoms with van der Waals surface area (Å²) in [5.74, 6) is 1.55. The maximum absolute atomic E-state index is 5.82. The third-order valence-electron chi connectivity index (χ3n) is 2.54. The largest absolute Gasteiger partial charge is 0.491 e. The van der Waals surface area contributed by atoms with Crippen LogP contribution in [0.25, 0.3) is 0 Å². The van der Waals surface area contributed by atoms with Gasteiger partial charge in [0.25, 0.3) is 0 Å². The van der Waals surface area contributed by atoms with E-state index in [1.807, 2.05) is 18.2 Å². The Balaban J connectivity index is 1.97. The fourth-order valence-electron chi connectivity index (χ4n) is 1.68. The van der Waals surface area contributed by atoms with Crippen LogP contribution in [0, 0.1) is 5.92 Å². The van der Waals surface area contributed by atoms with Crippen molar-refractivity contribution in [1.82, 2.24) is 5.32 Å². The van der Waals surface area contributed by atoms with E-state index in [1.165, 1.54) is 6.42 Å². The highest BCUT2D eigenvalue weighted by Gasteiger charge is 2.16. The third-order valence-corrected chi connectivity index (χ3v) is 3.79. The van der Waals surface area contributed by atoms with Crippen molar-refractivity contribution in [2.45, 2.75) is 6.42 Å². The Morgan fingerprint density at radius 2 is 2.07 bits per heavy atom. The quantitative estimate of drug-likeness (QED) is 0.916. The molecule has 1 aliphatic heterocycles. The van der Waals surface area contributed by atoms with Crippen LogP contribution in [0.15, 0.2) is 27.1 Å². The molecule has 15 heavy (non-hydrogen) atoms. The van der Waals surface area contributed by atoms with E-state index in [0.717, 1.165) is 34.4 Å². The van der Waals surface area contributed by atoms with Crippen molar-refractivity contribution >= 4 is 31.9 Å². The summed E-state index contributed by atoms with van der Waals surface area (Å²) in [5, 5.41) is 3.33. The van der Waals surface area contributed by atoms with E-state index in [2.05, 4.69) is 37.2 Å². The summed E-state index contributed by atoms with van der Waals surface area (Å²) in [7, 11) is 0. The summed E-state index contributed by atoms with van der Waals surface area (Å²) in [6.45, 7) is 2.97.